The fourth-order valence-electron chi connectivity index (χ4n) is 4.98. The second kappa shape index (κ2) is 10.4. The second-order valence-corrected chi connectivity index (χ2v) is 10.4. The van der Waals surface area contributed by atoms with E-state index in [9.17, 15) is 18.7 Å². The van der Waals surface area contributed by atoms with E-state index in [1.54, 1.807) is 18.3 Å². The summed E-state index contributed by atoms with van der Waals surface area (Å²) in [5.41, 5.74) is 3.19. The second-order valence-electron chi connectivity index (χ2n) is 10.4. The van der Waals surface area contributed by atoms with Gasteiger partial charge < -0.3 is 5.11 Å². The number of pyridine rings is 1. The van der Waals surface area contributed by atoms with Crippen molar-refractivity contribution in [3.8, 4) is 11.1 Å². The van der Waals surface area contributed by atoms with Crippen LogP contribution in [0.15, 0.2) is 54.7 Å². The fraction of sp³-hybridized carbons (Fsp3) is 0.400. The predicted octanol–water partition coefficient (Wildman–Crippen LogP) is 7.78. The van der Waals surface area contributed by atoms with Crippen LogP contribution in [-0.2, 0) is 0 Å². The molecule has 1 aromatic heterocycles. The summed E-state index contributed by atoms with van der Waals surface area (Å²) in [4.78, 5) is 18.8. The molecule has 1 saturated carbocycles. The number of ketones is 1. The monoisotopic (exact) mass is 477 g/mol. The zero-order valence-electron chi connectivity index (χ0n) is 20.7. The molecule has 0 aliphatic heterocycles. The average molecular weight is 478 g/mol. The predicted molar refractivity (Wildman–Crippen MR) is 134 cm³/mol. The Balaban J connectivity index is 1.97. The van der Waals surface area contributed by atoms with Crippen LogP contribution in [0.3, 0.4) is 0 Å². The molecular weight excluding hydrogens is 444 g/mol. The van der Waals surface area contributed by atoms with Crippen molar-refractivity contribution in [3.63, 3.8) is 0 Å². The summed E-state index contributed by atoms with van der Waals surface area (Å²) in [6, 6.07) is 11.5. The van der Waals surface area contributed by atoms with Crippen LogP contribution in [0.4, 0.5) is 8.78 Å². The van der Waals surface area contributed by atoms with E-state index in [0.29, 0.717) is 39.9 Å². The summed E-state index contributed by atoms with van der Waals surface area (Å²) in [6.07, 6.45) is 6.22. The Labute approximate surface area is 206 Å². The SMILES string of the molecule is CCC(C)(C)CC(O)c1cnc(C2CCCC2)c(C(=O)c2ccc(F)cc2)c1-c1ccc(F)cc1. The molecule has 5 heteroatoms. The number of halogens is 2. The summed E-state index contributed by atoms with van der Waals surface area (Å²) in [5.74, 6) is -0.922. The van der Waals surface area contributed by atoms with Crippen LogP contribution in [-0.4, -0.2) is 15.9 Å². The van der Waals surface area contributed by atoms with Crippen LogP contribution in [0.2, 0.25) is 0 Å². The zero-order valence-corrected chi connectivity index (χ0v) is 20.7. The van der Waals surface area contributed by atoms with Crippen molar-refractivity contribution >= 4 is 5.78 Å². The first-order chi connectivity index (χ1) is 16.7. The molecule has 1 N–H and O–H groups in total. The Hall–Kier alpha value is -2.92. The lowest BCUT2D eigenvalue weighted by molar-refractivity contribution is 0.103. The number of benzene rings is 2. The number of carbonyl (C=O) groups excluding carboxylic acids is 1. The fourth-order valence-corrected chi connectivity index (χ4v) is 4.98. The van der Waals surface area contributed by atoms with Crippen LogP contribution in [0, 0.1) is 17.0 Å². The first-order valence-corrected chi connectivity index (χ1v) is 12.5. The van der Waals surface area contributed by atoms with E-state index >= 15 is 0 Å². The highest BCUT2D eigenvalue weighted by Gasteiger charge is 2.32. The quantitative estimate of drug-likeness (QED) is 0.337. The maximum absolute atomic E-state index is 14.0. The largest absolute Gasteiger partial charge is 0.388 e. The molecule has 35 heavy (non-hydrogen) atoms. The molecule has 1 fully saturated rings. The molecule has 4 rings (SSSR count). The minimum Gasteiger partial charge on any atom is -0.388 e. The van der Waals surface area contributed by atoms with Gasteiger partial charge in [-0.15, -0.1) is 0 Å². The van der Waals surface area contributed by atoms with Gasteiger partial charge in [0.15, 0.2) is 5.78 Å². The van der Waals surface area contributed by atoms with Crippen molar-refractivity contribution in [2.75, 3.05) is 0 Å². The molecule has 1 heterocycles. The van der Waals surface area contributed by atoms with Gasteiger partial charge in [0.05, 0.1) is 17.4 Å². The van der Waals surface area contributed by atoms with Crippen LogP contribution < -0.4 is 0 Å². The van der Waals surface area contributed by atoms with Crippen molar-refractivity contribution in [2.45, 2.75) is 71.3 Å². The number of rotatable bonds is 8. The van der Waals surface area contributed by atoms with E-state index in [2.05, 4.69) is 20.8 Å². The Morgan fingerprint density at radius 2 is 1.60 bits per heavy atom. The lowest BCUT2D eigenvalue weighted by atomic mass is 9.79. The van der Waals surface area contributed by atoms with Crippen molar-refractivity contribution in [2.24, 2.45) is 5.41 Å². The topological polar surface area (TPSA) is 50.2 Å². The highest BCUT2D eigenvalue weighted by Crippen LogP contribution is 2.43. The normalized spacial score (nSPS) is 15.4. The van der Waals surface area contributed by atoms with Gasteiger partial charge in [-0.25, -0.2) is 8.78 Å². The Morgan fingerprint density at radius 3 is 2.17 bits per heavy atom. The molecule has 0 spiro atoms. The molecule has 0 radical (unpaired) electrons. The maximum Gasteiger partial charge on any atom is 0.195 e. The number of nitrogens with zero attached hydrogens (tertiary/aromatic N) is 1. The summed E-state index contributed by atoms with van der Waals surface area (Å²) in [5, 5.41) is 11.4. The molecule has 0 bridgehead atoms. The number of hydrogen-bond donors (Lipinski definition) is 1. The molecule has 1 atom stereocenters. The standard InChI is InChI=1S/C30H33F2NO2/c1-4-30(2,3)17-25(34)24-18-33-28(20-7-5-6-8-20)27(26(24)19-9-13-22(31)14-10-19)29(35)21-11-15-23(32)16-12-21/h9-16,18,20,25,34H,4-8,17H2,1-3H3. The van der Waals surface area contributed by atoms with Crippen LogP contribution in [0.5, 0.6) is 0 Å². The van der Waals surface area contributed by atoms with Gasteiger partial charge in [0.25, 0.3) is 0 Å². The highest BCUT2D eigenvalue weighted by atomic mass is 19.1. The molecule has 0 saturated heterocycles. The van der Waals surface area contributed by atoms with E-state index in [1.165, 1.54) is 36.4 Å². The van der Waals surface area contributed by atoms with Gasteiger partial charge in [0, 0.05) is 28.8 Å². The van der Waals surface area contributed by atoms with Crippen molar-refractivity contribution in [1.29, 1.82) is 0 Å². The first-order valence-electron chi connectivity index (χ1n) is 12.5. The van der Waals surface area contributed by atoms with E-state index < -0.39 is 11.9 Å². The van der Waals surface area contributed by atoms with Gasteiger partial charge in [0.2, 0.25) is 0 Å². The summed E-state index contributed by atoms with van der Waals surface area (Å²) >= 11 is 0. The van der Waals surface area contributed by atoms with Crippen molar-refractivity contribution in [1.82, 2.24) is 4.98 Å². The molecular formula is C30H33F2NO2. The van der Waals surface area contributed by atoms with Crippen LogP contribution in [0.1, 0.15) is 98.5 Å². The number of aliphatic hydroxyl groups excluding tert-OH is 1. The molecule has 2 aromatic carbocycles. The van der Waals surface area contributed by atoms with Gasteiger partial charge >= 0.3 is 0 Å². The van der Waals surface area contributed by atoms with E-state index in [-0.39, 0.29) is 22.9 Å². The summed E-state index contributed by atoms with van der Waals surface area (Å²) < 4.78 is 27.5. The molecule has 1 unspecified atom stereocenters. The lowest BCUT2D eigenvalue weighted by Gasteiger charge is -2.28. The molecule has 184 valence electrons. The van der Waals surface area contributed by atoms with Gasteiger partial charge in [-0.1, -0.05) is 52.2 Å². The summed E-state index contributed by atoms with van der Waals surface area (Å²) in [6.45, 7) is 6.27. The average Bonchev–Trinajstić information content (AvgIpc) is 3.38. The third-order valence-corrected chi connectivity index (χ3v) is 7.41. The number of aliphatic hydroxyl groups is 1. The van der Waals surface area contributed by atoms with E-state index in [0.717, 1.165) is 32.1 Å². The number of hydrogen-bond acceptors (Lipinski definition) is 3. The Kier molecular flexibility index (Phi) is 7.46. The van der Waals surface area contributed by atoms with E-state index in [1.807, 2.05) is 0 Å². The molecule has 3 nitrogen and oxygen atoms in total. The number of carbonyl (C=O) groups is 1. The third-order valence-electron chi connectivity index (χ3n) is 7.41. The van der Waals surface area contributed by atoms with Crippen LogP contribution in [0.25, 0.3) is 11.1 Å². The highest BCUT2D eigenvalue weighted by molar-refractivity contribution is 6.14. The van der Waals surface area contributed by atoms with Gasteiger partial charge in [-0.2, -0.15) is 0 Å². The molecule has 0 amide bonds. The lowest BCUT2D eigenvalue weighted by Crippen LogP contribution is -2.19. The zero-order chi connectivity index (χ0) is 25.2. The first kappa shape index (κ1) is 25.2. The number of aromatic nitrogens is 1. The smallest absolute Gasteiger partial charge is 0.195 e. The molecule has 1 aliphatic carbocycles. The molecule has 1 aliphatic rings. The van der Waals surface area contributed by atoms with Crippen LogP contribution >= 0.6 is 0 Å². The van der Waals surface area contributed by atoms with Crippen molar-refractivity contribution < 1.29 is 18.7 Å². The maximum atomic E-state index is 14.0. The minimum atomic E-state index is -0.852. The minimum absolute atomic E-state index is 0.120. The third kappa shape index (κ3) is 5.51. The van der Waals surface area contributed by atoms with Gasteiger partial charge in [-0.05, 0) is 66.6 Å². The summed E-state index contributed by atoms with van der Waals surface area (Å²) in [7, 11) is 0. The Bertz CT molecular complexity index is 1180. The van der Waals surface area contributed by atoms with Gasteiger partial charge in [-0.3, -0.25) is 9.78 Å². The van der Waals surface area contributed by atoms with Gasteiger partial charge in [0.1, 0.15) is 11.6 Å². The molecule has 3 aromatic rings. The van der Waals surface area contributed by atoms with E-state index in [4.69, 9.17) is 4.98 Å². The Morgan fingerprint density at radius 1 is 1.03 bits per heavy atom. The van der Waals surface area contributed by atoms with Crippen molar-refractivity contribution in [3.05, 3.63) is 88.7 Å².